The van der Waals surface area contributed by atoms with Gasteiger partial charge in [0.1, 0.15) is 0 Å². The SMILES string of the molecule is CN(C)C(=O)c1cccc(S(=O)(=O)NC(=O)C2CC23CCNC3)c1. The van der Waals surface area contributed by atoms with E-state index in [1.54, 1.807) is 20.2 Å². The molecule has 7 nitrogen and oxygen atoms in total. The molecule has 1 aliphatic heterocycles. The van der Waals surface area contributed by atoms with E-state index in [0.29, 0.717) is 0 Å². The van der Waals surface area contributed by atoms with Crippen molar-refractivity contribution in [3.05, 3.63) is 29.8 Å². The zero-order valence-corrected chi connectivity index (χ0v) is 14.5. The predicted octanol–water partition coefficient (Wildman–Crippen LogP) is 0.193. The fourth-order valence-electron chi connectivity index (χ4n) is 3.27. The second-order valence-corrected chi connectivity index (χ2v) is 8.43. The lowest BCUT2D eigenvalue weighted by Crippen LogP contribution is -2.33. The maximum absolute atomic E-state index is 12.5. The smallest absolute Gasteiger partial charge is 0.264 e. The molecule has 0 bridgehead atoms. The Labute approximate surface area is 141 Å². The van der Waals surface area contributed by atoms with Crippen LogP contribution >= 0.6 is 0 Å². The van der Waals surface area contributed by atoms with Gasteiger partial charge in [0.25, 0.3) is 15.9 Å². The van der Waals surface area contributed by atoms with Crippen molar-refractivity contribution in [1.29, 1.82) is 0 Å². The van der Waals surface area contributed by atoms with Gasteiger partial charge in [0.05, 0.1) is 4.90 Å². The number of hydrogen-bond acceptors (Lipinski definition) is 5. The van der Waals surface area contributed by atoms with Gasteiger partial charge in [0.15, 0.2) is 0 Å². The Bertz CT molecular complexity index is 782. The third kappa shape index (κ3) is 3.03. The molecular formula is C16H21N3O4S. The topological polar surface area (TPSA) is 95.6 Å². The summed E-state index contributed by atoms with van der Waals surface area (Å²) in [5.41, 5.74) is 0.195. The molecule has 1 aromatic carbocycles. The number of nitrogens with one attached hydrogen (secondary N) is 2. The van der Waals surface area contributed by atoms with Crippen LogP contribution < -0.4 is 10.0 Å². The van der Waals surface area contributed by atoms with Crippen LogP contribution in [-0.2, 0) is 14.8 Å². The Kier molecular flexibility index (Phi) is 4.13. The van der Waals surface area contributed by atoms with E-state index in [9.17, 15) is 18.0 Å². The van der Waals surface area contributed by atoms with Crippen LogP contribution in [0.2, 0.25) is 0 Å². The van der Waals surface area contributed by atoms with E-state index < -0.39 is 15.9 Å². The number of hydrogen-bond donors (Lipinski definition) is 2. The van der Waals surface area contributed by atoms with Crippen LogP contribution in [0.1, 0.15) is 23.2 Å². The minimum Gasteiger partial charge on any atom is -0.345 e. The van der Waals surface area contributed by atoms with E-state index in [1.165, 1.54) is 23.1 Å². The second kappa shape index (κ2) is 5.86. The normalized spacial score (nSPS) is 25.5. The largest absolute Gasteiger partial charge is 0.345 e. The molecule has 2 atom stereocenters. The number of benzene rings is 1. The molecule has 8 heteroatoms. The lowest BCUT2D eigenvalue weighted by atomic mass is 10.0. The molecule has 24 heavy (non-hydrogen) atoms. The van der Waals surface area contributed by atoms with Gasteiger partial charge in [0, 0.05) is 32.1 Å². The van der Waals surface area contributed by atoms with Gasteiger partial charge in [-0.15, -0.1) is 0 Å². The zero-order chi connectivity index (χ0) is 17.5. The highest BCUT2D eigenvalue weighted by Crippen LogP contribution is 2.56. The first-order valence-electron chi connectivity index (χ1n) is 7.84. The summed E-state index contributed by atoms with van der Waals surface area (Å²) in [7, 11) is -0.802. The van der Waals surface area contributed by atoms with Crippen LogP contribution in [0.25, 0.3) is 0 Å². The summed E-state index contributed by atoms with van der Waals surface area (Å²) in [5, 5.41) is 3.21. The van der Waals surface area contributed by atoms with Crippen molar-refractivity contribution < 1.29 is 18.0 Å². The molecule has 2 unspecified atom stereocenters. The average Bonchev–Trinajstić information content (AvgIpc) is 3.04. The van der Waals surface area contributed by atoms with Crippen LogP contribution in [0, 0.1) is 11.3 Å². The molecule has 1 aromatic rings. The lowest BCUT2D eigenvalue weighted by molar-refractivity contribution is -0.121. The van der Waals surface area contributed by atoms with Crippen molar-refractivity contribution in [2.45, 2.75) is 17.7 Å². The van der Waals surface area contributed by atoms with Crippen molar-refractivity contribution in [2.24, 2.45) is 11.3 Å². The first-order valence-corrected chi connectivity index (χ1v) is 9.33. The van der Waals surface area contributed by atoms with Crippen molar-refractivity contribution >= 4 is 21.8 Å². The van der Waals surface area contributed by atoms with Crippen LogP contribution in [0.5, 0.6) is 0 Å². The fourth-order valence-corrected chi connectivity index (χ4v) is 4.33. The number of nitrogens with zero attached hydrogens (tertiary/aromatic N) is 1. The summed E-state index contributed by atoms with van der Waals surface area (Å²) in [6.07, 6.45) is 1.62. The van der Waals surface area contributed by atoms with Gasteiger partial charge >= 0.3 is 0 Å². The van der Waals surface area contributed by atoms with Gasteiger partial charge in [-0.25, -0.2) is 13.1 Å². The van der Waals surface area contributed by atoms with Crippen LogP contribution in [-0.4, -0.2) is 52.3 Å². The van der Waals surface area contributed by atoms with E-state index in [1.807, 2.05) is 0 Å². The van der Waals surface area contributed by atoms with E-state index >= 15 is 0 Å². The Morgan fingerprint density at radius 2 is 2.08 bits per heavy atom. The number of sulfonamides is 1. The summed E-state index contributed by atoms with van der Waals surface area (Å²) in [6.45, 7) is 1.63. The molecule has 0 radical (unpaired) electrons. The minimum absolute atomic E-state index is 0.0671. The molecule has 1 heterocycles. The average molecular weight is 351 g/mol. The summed E-state index contributed by atoms with van der Waals surface area (Å²) >= 11 is 0. The number of carbonyl (C=O) groups excluding carboxylic acids is 2. The summed E-state index contributed by atoms with van der Waals surface area (Å²) in [5.74, 6) is -1.01. The Morgan fingerprint density at radius 1 is 1.33 bits per heavy atom. The first kappa shape index (κ1) is 16.9. The van der Waals surface area contributed by atoms with Crippen LogP contribution in [0.15, 0.2) is 29.2 Å². The fraction of sp³-hybridized carbons (Fsp3) is 0.500. The Hall–Kier alpha value is -1.93. The van der Waals surface area contributed by atoms with Crippen molar-refractivity contribution in [2.75, 3.05) is 27.2 Å². The summed E-state index contributed by atoms with van der Waals surface area (Å²) in [6, 6.07) is 5.71. The molecule has 3 rings (SSSR count). The monoisotopic (exact) mass is 351 g/mol. The Balaban J connectivity index is 1.75. The van der Waals surface area contributed by atoms with E-state index in [-0.39, 0.29) is 27.7 Å². The molecule has 2 aliphatic rings. The Morgan fingerprint density at radius 3 is 2.71 bits per heavy atom. The number of amides is 2. The van der Waals surface area contributed by atoms with Crippen LogP contribution in [0.4, 0.5) is 0 Å². The minimum atomic E-state index is -3.98. The lowest BCUT2D eigenvalue weighted by Gasteiger charge is -2.12. The highest BCUT2D eigenvalue weighted by Gasteiger charge is 2.59. The quantitative estimate of drug-likeness (QED) is 0.808. The van der Waals surface area contributed by atoms with E-state index in [2.05, 4.69) is 10.0 Å². The summed E-state index contributed by atoms with van der Waals surface area (Å²) < 4.78 is 27.1. The molecule has 1 saturated carbocycles. The van der Waals surface area contributed by atoms with Gasteiger partial charge in [-0.1, -0.05) is 6.07 Å². The van der Waals surface area contributed by atoms with Crippen LogP contribution in [0.3, 0.4) is 0 Å². The number of rotatable bonds is 4. The molecular weight excluding hydrogens is 330 g/mol. The highest BCUT2D eigenvalue weighted by molar-refractivity contribution is 7.90. The highest BCUT2D eigenvalue weighted by atomic mass is 32.2. The third-order valence-electron chi connectivity index (χ3n) is 4.82. The van der Waals surface area contributed by atoms with Gasteiger partial charge < -0.3 is 10.2 Å². The van der Waals surface area contributed by atoms with Crippen molar-refractivity contribution in [3.8, 4) is 0 Å². The van der Waals surface area contributed by atoms with Crippen molar-refractivity contribution in [1.82, 2.24) is 14.9 Å². The second-order valence-electron chi connectivity index (χ2n) is 6.74. The molecule has 1 spiro atoms. The molecule has 2 amide bonds. The van der Waals surface area contributed by atoms with Gasteiger partial charge in [0.2, 0.25) is 5.91 Å². The molecule has 2 fully saturated rings. The molecule has 2 N–H and O–H groups in total. The van der Waals surface area contributed by atoms with Gasteiger partial charge in [-0.05, 0) is 43.0 Å². The molecule has 1 saturated heterocycles. The standard InChI is InChI=1S/C16H21N3O4S/c1-19(2)15(21)11-4-3-5-12(8-11)24(22,23)18-14(20)13-9-16(13)6-7-17-10-16/h3-5,8,13,17H,6-7,9-10H2,1-2H3,(H,18,20). The number of carbonyl (C=O) groups is 2. The molecule has 130 valence electrons. The van der Waals surface area contributed by atoms with Gasteiger partial charge in [-0.3, -0.25) is 9.59 Å². The molecule has 0 aromatic heterocycles. The zero-order valence-electron chi connectivity index (χ0n) is 13.7. The van der Waals surface area contributed by atoms with E-state index in [4.69, 9.17) is 0 Å². The van der Waals surface area contributed by atoms with Crippen molar-refractivity contribution in [3.63, 3.8) is 0 Å². The van der Waals surface area contributed by atoms with Gasteiger partial charge in [-0.2, -0.15) is 0 Å². The van der Waals surface area contributed by atoms with E-state index in [0.717, 1.165) is 25.9 Å². The summed E-state index contributed by atoms with van der Waals surface area (Å²) in [4.78, 5) is 25.5. The maximum Gasteiger partial charge on any atom is 0.264 e. The first-order chi connectivity index (χ1) is 11.3. The third-order valence-corrected chi connectivity index (χ3v) is 6.16. The maximum atomic E-state index is 12.5. The predicted molar refractivity (Wildman–Crippen MR) is 87.8 cm³/mol. The molecule has 1 aliphatic carbocycles.